The van der Waals surface area contributed by atoms with Crippen LogP contribution >= 0.6 is 11.3 Å². The third-order valence-electron chi connectivity index (χ3n) is 11.3. The van der Waals surface area contributed by atoms with Crippen molar-refractivity contribution < 1.29 is 0 Å². The van der Waals surface area contributed by atoms with Crippen molar-refractivity contribution in [1.29, 1.82) is 0 Å². The third kappa shape index (κ3) is 6.68. The van der Waals surface area contributed by atoms with E-state index in [0.29, 0.717) is 5.92 Å². The molecule has 6 aromatic rings. The molecule has 0 saturated heterocycles. The van der Waals surface area contributed by atoms with Crippen molar-refractivity contribution in [3.8, 4) is 40.3 Å². The van der Waals surface area contributed by atoms with Gasteiger partial charge in [-0.25, -0.2) is 0 Å². The van der Waals surface area contributed by atoms with E-state index in [2.05, 4.69) is 174 Å². The number of nitrogens with zero attached hydrogens (tertiary/aromatic N) is 1. The summed E-state index contributed by atoms with van der Waals surface area (Å²) in [5.74, 6) is 3.10. The highest BCUT2D eigenvalue weighted by Gasteiger charge is 2.26. The summed E-state index contributed by atoms with van der Waals surface area (Å²) in [6, 6.07) is 31.8. The lowest BCUT2D eigenvalue weighted by atomic mass is 9.75. The average Bonchev–Trinajstić information content (AvgIpc) is 3.65. The van der Waals surface area contributed by atoms with Crippen molar-refractivity contribution in [1.82, 2.24) is 4.57 Å². The largest absolute Gasteiger partial charge is 0.310 e. The van der Waals surface area contributed by atoms with Gasteiger partial charge >= 0.3 is 0 Å². The van der Waals surface area contributed by atoms with Crippen molar-refractivity contribution in [3.63, 3.8) is 0 Å². The Labute approximate surface area is 327 Å². The third-order valence-corrected chi connectivity index (χ3v) is 12.6. The first-order chi connectivity index (χ1) is 26.3. The predicted molar refractivity (Wildman–Crippen MR) is 239 cm³/mol. The second kappa shape index (κ2) is 15.9. The summed E-state index contributed by atoms with van der Waals surface area (Å²) >= 11 is 1.91. The maximum Gasteiger partial charge on any atom is 0.0500 e. The van der Waals surface area contributed by atoms with Crippen LogP contribution in [0.1, 0.15) is 109 Å². The lowest BCUT2D eigenvalue weighted by Crippen LogP contribution is -2.08. The van der Waals surface area contributed by atoms with Crippen molar-refractivity contribution in [3.05, 3.63) is 153 Å². The minimum atomic E-state index is 0.351. The summed E-state index contributed by atoms with van der Waals surface area (Å²) in [6.45, 7) is 15.8. The zero-order valence-corrected chi connectivity index (χ0v) is 33.7. The van der Waals surface area contributed by atoms with Gasteiger partial charge in [-0.2, -0.15) is 0 Å². The second-order valence-corrected chi connectivity index (χ2v) is 15.6. The number of aromatic nitrogens is 1. The highest BCUT2D eigenvalue weighted by Crippen LogP contribution is 2.48. The molecule has 0 spiro atoms. The zero-order valence-electron chi connectivity index (χ0n) is 32.9. The lowest BCUT2D eigenvalue weighted by Gasteiger charge is -2.29. The van der Waals surface area contributed by atoms with Gasteiger partial charge in [0.15, 0.2) is 0 Å². The fourth-order valence-corrected chi connectivity index (χ4v) is 9.48. The number of rotatable bonds is 10. The Balaban J connectivity index is 1.38. The molecule has 1 nitrogen and oxygen atoms in total. The van der Waals surface area contributed by atoms with Crippen LogP contribution in [0.3, 0.4) is 0 Å². The number of fused-ring (bicyclic) bond motifs is 4. The van der Waals surface area contributed by atoms with Crippen molar-refractivity contribution in [2.45, 2.75) is 80.1 Å². The first kappa shape index (κ1) is 37.0. The molecule has 1 aliphatic carbocycles. The molecular weight excluding hydrogens is 671 g/mol. The van der Waals surface area contributed by atoms with Crippen LogP contribution in [0, 0.1) is 33.1 Å². The van der Waals surface area contributed by atoms with Gasteiger partial charge in [-0.1, -0.05) is 119 Å². The number of thiophene rings is 1. The minimum Gasteiger partial charge on any atom is -0.310 e. The lowest BCUT2D eigenvalue weighted by molar-refractivity contribution is 0.928. The molecule has 0 radical (unpaired) electrons. The SMILES string of the molecule is C#C/C=C\c1c(C)c(C)c(/C=C(\CC)c2cccc3c(C)c(/C=C\CC)sc23)n1-c1cccc(-c2ccc3c(c2)-c2ccccc2/C(=C/CCC)C3C)c1. The van der Waals surface area contributed by atoms with E-state index in [0.717, 1.165) is 37.1 Å². The van der Waals surface area contributed by atoms with Crippen LogP contribution in [0.15, 0.2) is 103 Å². The minimum absolute atomic E-state index is 0.351. The van der Waals surface area contributed by atoms with Gasteiger partial charge in [-0.15, -0.1) is 17.8 Å². The summed E-state index contributed by atoms with van der Waals surface area (Å²) in [5, 5.41) is 1.34. The molecule has 2 heterocycles. The van der Waals surface area contributed by atoms with E-state index in [1.807, 2.05) is 17.4 Å². The topological polar surface area (TPSA) is 4.93 Å². The summed E-state index contributed by atoms with van der Waals surface area (Å²) in [7, 11) is 0. The average molecular weight is 722 g/mol. The van der Waals surface area contributed by atoms with Crippen molar-refractivity contribution in [2.24, 2.45) is 0 Å². The van der Waals surface area contributed by atoms with Crippen LogP contribution in [0.2, 0.25) is 0 Å². The highest BCUT2D eigenvalue weighted by molar-refractivity contribution is 7.20. The molecule has 1 atom stereocenters. The van der Waals surface area contributed by atoms with E-state index < -0.39 is 0 Å². The maximum absolute atomic E-state index is 5.80. The number of terminal acetylenes is 1. The number of unbranched alkanes of at least 4 members (excludes halogenated alkanes) is 1. The quantitative estimate of drug-likeness (QED) is 0.124. The molecule has 270 valence electrons. The van der Waals surface area contributed by atoms with Crippen LogP contribution in [-0.2, 0) is 0 Å². The van der Waals surface area contributed by atoms with Gasteiger partial charge in [0.05, 0.1) is 5.69 Å². The normalized spacial score (nSPS) is 15.0. The summed E-state index contributed by atoms with van der Waals surface area (Å²) in [6.07, 6.45) is 23.4. The van der Waals surface area contributed by atoms with Crippen molar-refractivity contribution >= 4 is 50.8 Å². The molecule has 7 rings (SSSR count). The second-order valence-electron chi connectivity index (χ2n) is 14.5. The van der Waals surface area contributed by atoms with E-state index in [-0.39, 0.29) is 0 Å². The fraction of sp³-hybridized carbons (Fsp3) is 0.231. The summed E-state index contributed by atoms with van der Waals surface area (Å²) in [4.78, 5) is 1.34. The van der Waals surface area contributed by atoms with E-state index in [4.69, 9.17) is 6.42 Å². The van der Waals surface area contributed by atoms with Crippen molar-refractivity contribution in [2.75, 3.05) is 0 Å². The van der Waals surface area contributed by atoms with E-state index in [1.54, 1.807) is 0 Å². The predicted octanol–water partition coefficient (Wildman–Crippen LogP) is 15.3. The maximum atomic E-state index is 5.80. The molecule has 0 bridgehead atoms. The Morgan fingerprint density at radius 1 is 0.796 bits per heavy atom. The molecule has 1 unspecified atom stereocenters. The zero-order chi connectivity index (χ0) is 37.9. The van der Waals surface area contributed by atoms with Crippen LogP contribution in [-0.4, -0.2) is 4.57 Å². The Morgan fingerprint density at radius 3 is 2.31 bits per heavy atom. The Morgan fingerprint density at radius 2 is 1.56 bits per heavy atom. The molecule has 1 aliphatic rings. The van der Waals surface area contributed by atoms with Crippen LogP contribution in [0.25, 0.3) is 67.4 Å². The van der Waals surface area contributed by atoms with Crippen LogP contribution in [0.4, 0.5) is 0 Å². The smallest absolute Gasteiger partial charge is 0.0500 e. The number of hydrogen-bond acceptors (Lipinski definition) is 1. The molecule has 0 aliphatic heterocycles. The molecule has 0 fully saturated rings. The first-order valence-electron chi connectivity index (χ1n) is 19.6. The van der Waals surface area contributed by atoms with Crippen LogP contribution < -0.4 is 0 Å². The van der Waals surface area contributed by atoms with E-state index in [1.165, 1.54) is 87.4 Å². The molecule has 2 aromatic heterocycles. The molecule has 4 aromatic carbocycles. The number of allylic oxidation sites excluding steroid dienone is 5. The monoisotopic (exact) mass is 721 g/mol. The van der Waals surface area contributed by atoms with Gasteiger partial charge in [-0.05, 0) is 155 Å². The Hall–Kier alpha value is -5.36. The van der Waals surface area contributed by atoms with Gasteiger partial charge in [0.25, 0.3) is 0 Å². The molecular formula is C52H51NS. The molecule has 2 heteroatoms. The summed E-state index contributed by atoms with van der Waals surface area (Å²) < 4.78 is 3.77. The van der Waals surface area contributed by atoms with Gasteiger partial charge in [0.1, 0.15) is 0 Å². The van der Waals surface area contributed by atoms with E-state index in [9.17, 15) is 0 Å². The number of benzene rings is 4. The van der Waals surface area contributed by atoms with Gasteiger partial charge in [0, 0.05) is 26.9 Å². The van der Waals surface area contributed by atoms with E-state index >= 15 is 0 Å². The Bertz CT molecular complexity index is 2530. The molecule has 0 amide bonds. The van der Waals surface area contributed by atoms with Gasteiger partial charge in [0.2, 0.25) is 0 Å². The number of hydrogen-bond donors (Lipinski definition) is 0. The molecule has 0 N–H and O–H groups in total. The molecule has 54 heavy (non-hydrogen) atoms. The Kier molecular flexibility index (Phi) is 10.9. The standard InChI is InChI=1S/C52H51NS/c1-9-13-22-42-36(7)43-30-29-40(32-48(43)47-24-17-16-23-46(42)47)39-20-18-21-41(31-39)53-49(27-14-10-2)34(5)35(6)50(53)33-38(12-4)45-26-19-25-44-37(8)51(28-15-11-3)54-52(44)45/h2,14-33,36H,9,11-13H2,1,3-8H3/b27-14-,28-15-,38-33+,42-22+. The highest BCUT2D eigenvalue weighted by atomic mass is 32.1. The van der Waals surface area contributed by atoms with Crippen LogP contribution in [0.5, 0.6) is 0 Å². The van der Waals surface area contributed by atoms with Gasteiger partial charge in [-0.3, -0.25) is 0 Å². The number of aryl methyl sites for hydroxylation is 1. The molecule has 0 saturated carbocycles. The summed E-state index contributed by atoms with van der Waals surface area (Å²) in [5.41, 5.74) is 19.2. The fourth-order valence-electron chi connectivity index (χ4n) is 8.19. The first-order valence-corrected chi connectivity index (χ1v) is 20.4. The van der Waals surface area contributed by atoms with Gasteiger partial charge < -0.3 is 4.57 Å².